The quantitative estimate of drug-likeness (QED) is 0.514. The van der Waals surface area contributed by atoms with Gasteiger partial charge in [-0.15, -0.1) is 0 Å². The Bertz CT molecular complexity index is 1440. The van der Waals surface area contributed by atoms with Gasteiger partial charge in [-0.2, -0.15) is 0 Å². The second-order valence-corrected chi connectivity index (χ2v) is 9.86. The summed E-state index contributed by atoms with van der Waals surface area (Å²) in [5, 5.41) is 2.73. The van der Waals surface area contributed by atoms with E-state index in [9.17, 15) is 22.4 Å². The highest BCUT2D eigenvalue weighted by Crippen LogP contribution is 2.33. The Labute approximate surface area is 203 Å². The predicted molar refractivity (Wildman–Crippen MR) is 132 cm³/mol. The summed E-state index contributed by atoms with van der Waals surface area (Å²) >= 11 is 0. The zero-order chi connectivity index (χ0) is 25.2. The second kappa shape index (κ2) is 9.71. The highest BCUT2D eigenvalue weighted by Gasteiger charge is 2.28. The van der Waals surface area contributed by atoms with Gasteiger partial charge in [0.1, 0.15) is 5.82 Å². The van der Waals surface area contributed by atoms with Crippen molar-refractivity contribution in [3.05, 3.63) is 95.4 Å². The van der Waals surface area contributed by atoms with E-state index >= 15 is 0 Å². The lowest BCUT2D eigenvalue weighted by Crippen LogP contribution is -2.33. The molecule has 1 atom stereocenters. The summed E-state index contributed by atoms with van der Waals surface area (Å²) in [5.74, 6) is -1.29. The Balaban J connectivity index is 1.55. The summed E-state index contributed by atoms with van der Waals surface area (Å²) in [5.41, 5.74) is 2.30. The van der Waals surface area contributed by atoms with Crippen molar-refractivity contribution in [1.82, 2.24) is 4.90 Å². The Morgan fingerprint density at radius 2 is 1.74 bits per heavy atom. The highest BCUT2D eigenvalue weighted by molar-refractivity contribution is 7.92. The monoisotopic (exact) mass is 493 g/mol. The maximum Gasteiger partial charge on any atom is 0.262 e. The molecule has 35 heavy (non-hydrogen) atoms. The van der Waals surface area contributed by atoms with Gasteiger partial charge in [0.15, 0.2) is 0 Å². The minimum Gasteiger partial charge on any atom is -0.326 e. The number of sulfonamides is 1. The van der Waals surface area contributed by atoms with Crippen molar-refractivity contribution in [1.29, 1.82) is 0 Å². The Kier molecular flexibility index (Phi) is 6.70. The van der Waals surface area contributed by atoms with E-state index in [0.29, 0.717) is 5.56 Å². The van der Waals surface area contributed by atoms with Gasteiger partial charge >= 0.3 is 0 Å². The molecule has 3 aromatic rings. The molecule has 9 heteroatoms. The number of carbonyl (C=O) groups is 2. The molecule has 0 unspecified atom stereocenters. The molecule has 0 saturated carbocycles. The molecule has 0 aliphatic carbocycles. The molecule has 1 aliphatic rings. The van der Waals surface area contributed by atoms with Gasteiger partial charge in [-0.25, -0.2) is 12.8 Å². The largest absolute Gasteiger partial charge is 0.326 e. The third-order valence-electron chi connectivity index (χ3n) is 5.73. The molecule has 0 fully saturated rings. The number of benzene rings is 3. The van der Waals surface area contributed by atoms with Crippen LogP contribution in [0.4, 0.5) is 15.8 Å². The number of nitrogens with one attached hydrogen (secondary N) is 2. The van der Waals surface area contributed by atoms with E-state index in [1.54, 1.807) is 25.3 Å². The number of halogens is 1. The molecule has 1 heterocycles. The van der Waals surface area contributed by atoms with Gasteiger partial charge in [0.25, 0.3) is 10.0 Å². The Hall–Kier alpha value is -3.98. The minimum atomic E-state index is -4.12. The fourth-order valence-corrected chi connectivity index (χ4v) is 5.35. The fourth-order valence-electron chi connectivity index (χ4n) is 4.01. The van der Waals surface area contributed by atoms with E-state index in [0.717, 1.165) is 17.2 Å². The van der Waals surface area contributed by atoms with Crippen LogP contribution in [0.2, 0.25) is 0 Å². The zero-order valence-corrected chi connectivity index (χ0v) is 20.0. The van der Waals surface area contributed by atoms with Crippen LogP contribution < -0.4 is 10.0 Å². The number of amides is 2. The van der Waals surface area contributed by atoms with Gasteiger partial charge in [0.2, 0.25) is 11.8 Å². The number of aryl methyl sites for hydroxylation is 1. The summed E-state index contributed by atoms with van der Waals surface area (Å²) in [6.45, 7) is 3.04. The van der Waals surface area contributed by atoms with E-state index in [2.05, 4.69) is 10.0 Å². The average Bonchev–Trinajstić information content (AvgIpc) is 2.81. The van der Waals surface area contributed by atoms with Crippen LogP contribution >= 0.6 is 0 Å². The number of anilines is 2. The van der Waals surface area contributed by atoms with Crippen molar-refractivity contribution in [2.24, 2.45) is 0 Å². The third-order valence-corrected chi connectivity index (χ3v) is 7.23. The SMILES string of the molecule is CC(=O)N1C=Cc2ccccc2[C@H]1CC(=O)Nc1ccc(C)c(S(=O)(=O)Nc2ccccc2F)c1. The first-order valence-electron chi connectivity index (χ1n) is 10.9. The molecule has 2 N–H and O–H groups in total. The average molecular weight is 494 g/mol. The van der Waals surface area contributed by atoms with Crippen LogP contribution in [0.25, 0.3) is 6.08 Å². The van der Waals surface area contributed by atoms with E-state index in [-0.39, 0.29) is 34.5 Å². The van der Waals surface area contributed by atoms with Crippen molar-refractivity contribution in [3.8, 4) is 0 Å². The van der Waals surface area contributed by atoms with Gasteiger partial charge in [-0.1, -0.05) is 42.5 Å². The molecule has 7 nitrogen and oxygen atoms in total. The second-order valence-electron chi connectivity index (χ2n) is 8.20. The molecular weight excluding hydrogens is 469 g/mol. The first kappa shape index (κ1) is 24.2. The van der Waals surface area contributed by atoms with E-state index in [1.807, 2.05) is 30.3 Å². The van der Waals surface area contributed by atoms with Gasteiger partial charge in [0.05, 0.1) is 23.0 Å². The number of hydrogen-bond acceptors (Lipinski definition) is 4. The number of para-hydroxylation sites is 1. The van der Waals surface area contributed by atoms with Crippen molar-refractivity contribution in [2.75, 3.05) is 10.0 Å². The number of hydrogen-bond donors (Lipinski definition) is 2. The van der Waals surface area contributed by atoms with Gasteiger partial charge in [-0.3, -0.25) is 14.3 Å². The van der Waals surface area contributed by atoms with E-state index in [4.69, 9.17) is 0 Å². The van der Waals surface area contributed by atoms with Gasteiger partial charge in [-0.05, 0) is 54.0 Å². The first-order valence-corrected chi connectivity index (χ1v) is 12.4. The van der Waals surface area contributed by atoms with Crippen LogP contribution in [-0.2, 0) is 19.6 Å². The first-order chi connectivity index (χ1) is 16.7. The fraction of sp³-hybridized carbons (Fsp3) is 0.154. The predicted octanol–water partition coefficient (Wildman–Crippen LogP) is 4.84. The van der Waals surface area contributed by atoms with Crippen molar-refractivity contribution < 1.29 is 22.4 Å². The van der Waals surface area contributed by atoms with Crippen LogP contribution in [0, 0.1) is 12.7 Å². The summed E-state index contributed by atoms with van der Waals surface area (Å²) in [4.78, 5) is 26.5. The third kappa shape index (κ3) is 5.25. The molecule has 0 radical (unpaired) electrons. The Morgan fingerprint density at radius 1 is 1.03 bits per heavy atom. The van der Waals surface area contributed by atoms with Gasteiger partial charge < -0.3 is 10.2 Å². The summed E-state index contributed by atoms with van der Waals surface area (Å²) in [6, 6.07) is 17.0. The van der Waals surface area contributed by atoms with Crippen LogP contribution in [0.5, 0.6) is 0 Å². The van der Waals surface area contributed by atoms with Crippen molar-refractivity contribution >= 4 is 39.3 Å². The molecule has 2 amide bonds. The lowest BCUT2D eigenvalue weighted by molar-refractivity contribution is -0.129. The topological polar surface area (TPSA) is 95.6 Å². The molecule has 4 rings (SSSR count). The molecule has 0 spiro atoms. The van der Waals surface area contributed by atoms with Gasteiger partial charge in [0, 0.05) is 18.8 Å². The molecule has 3 aromatic carbocycles. The lowest BCUT2D eigenvalue weighted by atomic mass is 9.93. The maximum absolute atomic E-state index is 14.0. The minimum absolute atomic E-state index is 0.0234. The molecule has 0 bridgehead atoms. The van der Waals surface area contributed by atoms with E-state index in [1.165, 1.54) is 36.1 Å². The molecular formula is C26H24FN3O4S. The maximum atomic E-state index is 14.0. The van der Waals surface area contributed by atoms with Crippen molar-refractivity contribution in [3.63, 3.8) is 0 Å². The summed E-state index contributed by atoms with van der Waals surface area (Å²) in [7, 11) is -4.12. The van der Waals surface area contributed by atoms with Crippen LogP contribution in [0.1, 0.15) is 36.1 Å². The Morgan fingerprint density at radius 3 is 2.49 bits per heavy atom. The standard InChI is InChI=1S/C26H24FN3O4S/c1-17-11-12-20(15-25(17)35(33,34)29-23-10-6-5-9-22(23)27)28-26(32)16-24-21-8-4-3-7-19(21)13-14-30(24)18(2)31/h3-15,24,29H,16H2,1-2H3,(H,28,32)/t24-/m1/s1. The highest BCUT2D eigenvalue weighted by atomic mass is 32.2. The number of carbonyl (C=O) groups excluding carboxylic acids is 2. The summed E-state index contributed by atoms with van der Waals surface area (Å²) < 4.78 is 42.1. The van der Waals surface area contributed by atoms with Crippen LogP contribution in [-0.4, -0.2) is 25.1 Å². The summed E-state index contributed by atoms with van der Waals surface area (Å²) in [6.07, 6.45) is 3.46. The zero-order valence-electron chi connectivity index (χ0n) is 19.2. The van der Waals surface area contributed by atoms with Crippen LogP contribution in [0.3, 0.4) is 0 Å². The normalized spacial score (nSPS) is 14.8. The van der Waals surface area contributed by atoms with Crippen molar-refractivity contribution in [2.45, 2.75) is 31.2 Å². The smallest absolute Gasteiger partial charge is 0.262 e. The molecule has 1 aliphatic heterocycles. The van der Waals surface area contributed by atoms with Crippen LogP contribution in [0.15, 0.2) is 77.8 Å². The number of nitrogens with zero attached hydrogens (tertiary/aromatic N) is 1. The lowest BCUT2D eigenvalue weighted by Gasteiger charge is -2.32. The molecule has 0 aromatic heterocycles. The van der Waals surface area contributed by atoms with E-state index < -0.39 is 21.9 Å². The molecule has 0 saturated heterocycles. The number of rotatable bonds is 6. The molecule has 180 valence electrons. The number of fused-ring (bicyclic) bond motifs is 1.